The second-order valence-corrected chi connectivity index (χ2v) is 6.00. The zero-order chi connectivity index (χ0) is 2.83. The molecular formula is C2H3AsSi. The molecule has 0 N–H and O–H groups in total. The van der Waals surface area contributed by atoms with E-state index in [1.807, 2.05) is 0 Å². The van der Waals surface area contributed by atoms with E-state index in [2.05, 4.69) is 10.6 Å². The first kappa shape index (κ1) is 2.74. The molecule has 1 rings (SSSR count). The van der Waals surface area contributed by atoms with Gasteiger partial charge in [-0.3, -0.25) is 0 Å². The minimum atomic E-state index is 0.799. The monoisotopic (exact) mass is 130 g/mol. The molecular weight excluding hydrogens is 127 g/mol. The van der Waals surface area contributed by atoms with Gasteiger partial charge in [-0.25, -0.2) is 0 Å². The van der Waals surface area contributed by atoms with Crippen LogP contribution in [0.5, 0.6) is 0 Å². The van der Waals surface area contributed by atoms with Crippen LogP contribution >= 0.6 is 0 Å². The van der Waals surface area contributed by atoms with E-state index in [1.54, 1.807) is 0 Å². The first-order chi connectivity index (χ1) is 2.00. The van der Waals surface area contributed by atoms with Crippen molar-refractivity contribution in [3.05, 3.63) is 10.6 Å². The van der Waals surface area contributed by atoms with E-state index < -0.39 is 0 Å². The molecule has 0 nitrogen and oxygen atoms in total. The average molecular weight is 130 g/mol. The summed E-state index contributed by atoms with van der Waals surface area (Å²) in [5.41, 5.74) is 2.31. The maximum atomic E-state index is 2.31. The minimum absolute atomic E-state index is 0.799. The molecule has 1 aliphatic heterocycles. The van der Waals surface area contributed by atoms with Crippen LogP contribution in [0, 0.1) is 0 Å². The molecule has 0 aromatic carbocycles. The van der Waals surface area contributed by atoms with Gasteiger partial charge in [0.2, 0.25) is 0 Å². The third kappa shape index (κ3) is 0.283. The van der Waals surface area contributed by atoms with Crippen LogP contribution in [0.2, 0.25) is 0 Å². The maximum absolute atomic E-state index is 2.31. The Hall–Kier alpha value is 0.515. The van der Waals surface area contributed by atoms with Crippen LogP contribution in [0.3, 0.4) is 0 Å². The van der Waals surface area contributed by atoms with Crippen LogP contribution in [-0.2, 0) is 0 Å². The summed E-state index contributed by atoms with van der Waals surface area (Å²) in [4.78, 5) is 2.31. The van der Waals surface area contributed by atoms with Gasteiger partial charge in [0, 0.05) is 0 Å². The second-order valence-electron chi connectivity index (χ2n) is 0.640. The van der Waals surface area contributed by atoms with E-state index in [-0.39, 0.29) is 0 Å². The topological polar surface area (TPSA) is 0 Å². The zero-order valence-corrected chi connectivity index (χ0v) is 5.21. The van der Waals surface area contributed by atoms with Crippen molar-refractivity contribution in [2.75, 3.05) is 0 Å². The van der Waals surface area contributed by atoms with Gasteiger partial charge in [0.1, 0.15) is 0 Å². The van der Waals surface area contributed by atoms with E-state index in [4.69, 9.17) is 0 Å². The van der Waals surface area contributed by atoms with E-state index in [0.717, 1.165) is 22.1 Å². The van der Waals surface area contributed by atoms with Gasteiger partial charge in [0.25, 0.3) is 0 Å². The van der Waals surface area contributed by atoms with Gasteiger partial charge in [-0.15, -0.1) is 0 Å². The molecule has 0 saturated carbocycles. The summed E-state index contributed by atoms with van der Waals surface area (Å²) in [5, 5.41) is 0. The molecule has 0 spiro atoms. The van der Waals surface area contributed by atoms with Gasteiger partial charge >= 0.3 is 32.7 Å². The van der Waals surface area contributed by atoms with Crippen molar-refractivity contribution >= 4 is 22.1 Å². The summed E-state index contributed by atoms with van der Waals surface area (Å²) in [6.45, 7) is 0. The van der Waals surface area contributed by atoms with Crippen molar-refractivity contribution in [2.24, 2.45) is 0 Å². The summed E-state index contributed by atoms with van der Waals surface area (Å²) in [6.07, 6.45) is 0. The first-order valence-corrected chi connectivity index (χ1v) is 6.70. The molecule has 0 unspecified atom stereocenters. The summed E-state index contributed by atoms with van der Waals surface area (Å²) < 4.78 is 0. The Labute approximate surface area is 33.2 Å². The van der Waals surface area contributed by atoms with Crippen molar-refractivity contribution in [3.8, 4) is 0 Å². The fourth-order valence-electron chi connectivity index (χ4n) is 0.0861. The van der Waals surface area contributed by atoms with Crippen LogP contribution in [0.25, 0.3) is 0 Å². The standard InChI is InChI=1S/C2H3AsSi/c1-2-4-3-1/h1-2,4H. The third-order valence-corrected chi connectivity index (χ3v) is 5.37. The molecule has 2 heteroatoms. The van der Waals surface area contributed by atoms with E-state index >= 15 is 0 Å². The van der Waals surface area contributed by atoms with Crippen molar-refractivity contribution in [3.63, 3.8) is 0 Å². The summed E-state index contributed by atoms with van der Waals surface area (Å²) in [7, 11) is 0.876. The van der Waals surface area contributed by atoms with Gasteiger partial charge < -0.3 is 0 Å². The molecule has 1 aliphatic rings. The van der Waals surface area contributed by atoms with Crippen molar-refractivity contribution in [2.45, 2.75) is 0 Å². The summed E-state index contributed by atoms with van der Waals surface area (Å²) >= 11 is 0.799. The number of rotatable bonds is 0. The van der Waals surface area contributed by atoms with Crippen LogP contribution in [0.4, 0.5) is 0 Å². The third-order valence-electron chi connectivity index (χ3n) is 0.344. The van der Waals surface area contributed by atoms with Crippen molar-refractivity contribution < 1.29 is 0 Å². The molecule has 0 aliphatic carbocycles. The number of hydrogen-bond acceptors (Lipinski definition) is 0. The molecule has 1 heterocycles. The Morgan fingerprint density at radius 1 is 1.75 bits per heavy atom. The predicted molar refractivity (Wildman–Crippen MR) is 22.0 cm³/mol. The molecule has 0 fully saturated rings. The molecule has 0 bridgehead atoms. The van der Waals surface area contributed by atoms with Crippen LogP contribution < -0.4 is 0 Å². The predicted octanol–water partition coefficient (Wildman–Crippen LogP) is -0.473. The fraction of sp³-hybridized carbons (Fsp3) is 0. The Kier molecular flexibility index (Phi) is 0.746. The van der Waals surface area contributed by atoms with Crippen LogP contribution in [0.1, 0.15) is 0 Å². The average Bonchev–Trinajstić information content (AvgIpc) is 0.722. The fourth-order valence-corrected chi connectivity index (χ4v) is 1.34. The molecule has 0 atom stereocenters. The molecule has 0 amide bonds. The molecule has 0 aromatic rings. The Morgan fingerprint density at radius 3 is 2.00 bits per heavy atom. The van der Waals surface area contributed by atoms with Gasteiger partial charge in [0.05, 0.1) is 0 Å². The SMILES string of the molecule is C1=C[As]=[SiH]1. The van der Waals surface area contributed by atoms with Crippen LogP contribution in [0.15, 0.2) is 10.6 Å². The zero-order valence-electron chi connectivity index (χ0n) is 2.18. The molecule has 0 radical (unpaired) electrons. The summed E-state index contributed by atoms with van der Waals surface area (Å²) in [5.74, 6) is 0. The first-order valence-electron chi connectivity index (χ1n) is 1.18. The molecule has 20 valence electrons. The normalized spacial score (nSPS) is 20.0. The Bertz CT molecular complexity index is 46.4. The molecule has 0 aromatic heterocycles. The Morgan fingerprint density at radius 2 is 2.00 bits per heavy atom. The van der Waals surface area contributed by atoms with Crippen molar-refractivity contribution in [1.29, 1.82) is 0 Å². The van der Waals surface area contributed by atoms with Gasteiger partial charge in [-0.2, -0.15) is 0 Å². The van der Waals surface area contributed by atoms with Gasteiger partial charge in [-0.1, -0.05) is 0 Å². The van der Waals surface area contributed by atoms with E-state index in [0.29, 0.717) is 0 Å². The molecule has 4 heavy (non-hydrogen) atoms. The van der Waals surface area contributed by atoms with Crippen LogP contribution in [-0.4, -0.2) is 22.1 Å². The second kappa shape index (κ2) is 1.09. The molecule has 0 saturated heterocycles. The van der Waals surface area contributed by atoms with E-state index in [1.165, 1.54) is 0 Å². The Balaban J connectivity index is 2.67. The number of hydrogen-bond donors (Lipinski definition) is 0. The van der Waals surface area contributed by atoms with Gasteiger partial charge in [-0.05, 0) is 0 Å². The van der Waals surface area contributed by atoms with Crippen molar-refractivity contribution in [1.82, 2.24) is 0 Å². The van der Waals surface area contributed by atoms with Gasteiger partial charge in [0.15, 0.2) is 0 Å². The van der Waals surface area contributed by atoms with E-state index in [9.17, 15) is 0 Å². The summed E-state index contributed by atoms with van der Waals surface area (Å²) in [6, 6.07) is 0. The quantitative estimate of drug-likeness (QED) is 0.389.